The maximum atomic E-state index is 12.5. The summed E-state index contributed by atoms with van der Waals surface area (Å²) in [7, 11) is 1.62. The third-order valence-electron chi connectivity index (χ3n) is 6.96. The van der Waals surface area contributed by atoms with E-state index in [4.69, 9.17) is 14.6 Å². The van der Waals surface area contributed by atoms with Gasteiger partial charge in [-0.15, -0.1) is 0 Å². The second kappa shape index (κ2) is 11.5. The molecule has 0 aliphatic carbocycles. The monoisotopic (exact) mass is 568 g/mol. The first-order chi connectivity index (χ1) is 20.5. The molecule has 0 spiro atoms. The quantitative estimate of drug-likeness (QED) is 0.202. The van der Waals surface area contributed by atoms with Gasteiger partial charge in [0.1, 0.15) is 22.6 Å². The SMILES string of the molecule is COc1ccc(Cn2nc(NC3CCN(C(=O)O)C3)c3c(Oc4ccc(C(=O)Nc5ncc[nH]5)cc4)ccnc32)cc1. The number of pyridine rings is 1. The molecule has 3 aromatic heterocycles. The lowest BCUT2D eigenvalue weighted by Crippen LogP contribution is -2.30. The molecule has 1 saturated heterocycles. The summed E-state index contributed by atoms with van der Waals surface area (Å²) in [6.07, 6.45) is 4.54. The average Bonchev–Trinajstić information content (AvgIpc) is 3.76. The number of H-pyrrole nitrogens is 1. The summed E-state index contributed by atoms with van der Waals surface area (Å²) in [4.78, 5) is 36.9. The third kappa shape index (κ3) is 5.66. The zero-order chi connectivity index (χ0) is 29.1. The molecule has 0 bridgehead atoms. The van der Waals surface area contributed by atoms with Crippen molar-refractivity contribution >= 4 is 34.8 Å². The van der Waals surface area contributed by atoms with Crippen molar-refractivity contribution in [3.8, 4) is 17.2 Å². The molecular weight excluding hydrogens is 540 g/mol. The van der Waals surface area contributed by atoms with Crippen LogP contribution < -0.4 is 20.1 Å². The van der Waals surface area contributed by atoms with Crippen molar-refractivity contribution in [1.82, 2.24) is 29.6 Å². The minimum absolute atomic E-state index is 0.117. The highest BCUT2D eigenvalue weighted by molar-refractivity contribution is 6.03. The molecule has 13 heteroatoms. The fourth-order valence-electron chi connectivity index (χ4n) is 4.83. The van der Waals surface area contributed by atoms with Crippen LogP contribution in [-0.4, -0.2) is 73.0 Å². The number of benzene rings is 2. The highest BCUT2D eigenvalue weighted by atomic mass is 16.5. The number of carboxylic acid groups (broad SMARTS) is 1. The van der Waals surface area contributed by atoms with E-state index < -0.39 is 6.09 Å². The minimum atomic E-state index is -0.943. The summed E-state index contributed by atoms with van der Waals surface area (Å²) in [5, 5.41) is 21.0. The fraction of sp³-hybridized carbons (Fsp3) is 0.207. The number of hydrogen-bond donors (Lipinski definition) is 4. The summed E-state index contributed by atoms with van der Waals surface area (Å²) in [5.74, 6) is 2.40. The number of nitrogens with zero attached hydrogens (tertiary/aromatic N) is 5. The van der Waals surface area contributed by atoms with E-state index in [1.54, 1.807) is 60.7 Å². The van der Waals surface area contributed by atoms with Crippen molar-refractivity contribution in [1.29, 1.82) is 0 Å². The van der Waals surface area contributed by atoms with Crippen LogP contribution in [0.5, 0.6) is 17.2 Å². The molecule has 2 aromatic carbocycles. The number of carbonyl (C=O) groups excluding carboxylic acids is 1. The van der Waals surface area contributed by atoms with Crippen LogP contribution >= 0.6 is 0 Å². The first-order valence-corrected chi connectivity index (χ1v) is 13.3. The molecule has 42 heavy (non-hydrogen) atoms. The molecule has 1 fully saturated rings. The molecule has 0 radical (unpaired) electrons. The van der Waals surface area contributed by atoms with Crippen LogP contribution in [0.2, 0.25) is 0 Å². The van der Waals surface area contributed by atoms with Gasteiger partial charge in [-0.25, -0.2) is 19.4 Å². The Hall–Kier alpha value is -5.59. The lowest BCUT2D eigenvalue weighted by atomic mass is 10.2. The minimum Gasteiger partial charge on any atom is -0.497 e. The summed E-state index contributed by atoms with van der Waals surface area (Å²) in [6.45, 7) is 1.24. The zero-order valence-corrected chi connectivity index (χ0v) is 22.7. The van der Waals surface area contributed by atoms with Crippen LogP contribution in [0.3, 0.4) is 0 Å². The van der Waals surface area contributed by atoms with Gasteiger partial charge in [-0.2, -0.15) is 5.10 Å². The van der Waals surface area contributed by atoms with Gasteiger partial charge in [0.25, 0.3) is 5.91 Å². The van der Waals surface area contributed by atoms with Gasteiger partial charge in [0.2, 0.25) is 5.95 Å². The zero-order valence-electron chi connectivity index (χ0n) is 22.7. The second-order valence-corrected chi connectivity index (χ2v) is 9.74. The summed E-state index contributed by atoms with van der Waals surface area (Å²) in [5.41, 5.74) is 2.05. The molecule has 214 valence electrons. The Kier molecular flexibility index (Phi) is 7.28. The molecule has 1 aliphatic rings. The number of fused-ring (bicyclic) bond motifs is 1. The lowest BCUT2D eigenvalue weighted by Gasteiger charge is -2.14. The number of ether oxygens (including phenoxy) is 2. The van der Waals surface area contributed by atoms with Gasteiger partial charge < -0.3 is 29.8 Å². The van der Waals surface area contributed by atoms with Crippen LogP contribution in [0.25, 0.3) is 11.0 Å². The van der Waals surface area contributed by atoms with E-state index in [1.165, 1.54) is 4.90 Å². The van der Waals surface area contributed by atoms with Crippen molar-refractivity contribution in [2.24, 2.45) is 0 Å². The van der Waals surface area contributed by atoms with E-state index in [2.05, 4.69) is 25.6 Å². The topological polar surface area (TPSA) is 160 Å². The number of imidazole rings is 1. The second-order valence-electron chi connectivity index (χ2n) is 9.74. The number of aromatic amines is 1. The fourth-order valence-corrected chi connectivity index (χ4v) is 4.83. The Bertz CT molecular complexity index is 1700. The molecule has 13 nitrogen and oxygen atoms in total. The molecule has 1 aliphatic heterocycles. The van der Waals surface area contributed by atoms with Crippen LogP contribution in [0.4, 0.5) is 16.6 Å². The molecule has 6 rings (SSSR count). The Morgan fingerprint density at radius 1 is 1.05 bits per heavy atom. The average molecular weight is 569 g/mol. The predicted molar refractivity (Wildman–Crippen MR) is 154 cm³/mol. The first kappa shape index (κ1) is 26.6. The summed E-state index contributed by atoms with van der Waals surface area (Å²) >= 11 is 0. The van der Waals surface area contributed by atoms with Crippen molar-refractivity contribution in [3.63, 3.8) is 0 Å². The predicted octanol–water partition coefficient (Wildman–Crippen LogP) is 4.42. The molecule has 2 amide bonds. The van der Waals surface area contributed by atoms with E-state index in [0.717, 1.165) is 11.3 Å². The molecular formula is C29H28N8O5. The van der Waals surface area contributed by atoms with Crippen LogP contribution in [0.15, 0.2) is 73.2 Å². The Morgan fingerprint density at radius 3 is 2.52 bits per heavy atom. The van der Waals surface area contributed by atoms with Gasteiger partial charge in [0.05, 0.1) is 13.7 Å². The lowest BCUT2D eigenvalue weighted by molar-refractivity contribution is 0.102. The van der Waals surface area contributed by atoms with Gasteiger partial charge in [-0.05, 0) is 48.4 Å². The largest absolute Gasteiger partial charge is 0.497 e. The molecule has 4 heterocycles. The van der Waals surface area contributed by atoms with Gasteiger partial charge in [-0.1, -0.05) is 12.1 Å². The van der Waals surface area contributed by atoms with Crippen molar-refractivity contribution < 1.29 is 24.2 Å². The number of aromatic nitrogens is 5. The number of hydrogen-bond acceptors (Lipinski definition) is 8. The molecule has 4 N–H and O–H groups in total. The maximum Gasteiger partial charge on any atom is 0.407 e. The van der Waals surface area contributed by atoms with E-state index in [-0.39, 0.29) is 11.9 Å². The molecule has 0 saturated carbocycles. The number of amides is 2. The van der Waals surface area contributed by atoms with Crippen molar-refractivity contribution in [3.05, 3.63) is 84.3 Å². The van der Waals surface area contributed by atoms with E-state index in [9.17, 15) is 14.7 Å². The standard InChI is InChI=1S/C29H28N8O5/c1-41-21-6-2-18(3-7-21)16-37-26-24(25(35-37)33-20-11-15-36(17-20)29(39)40)23(10-12-30-26)42-22-8-4-19(5-9-22)27(38)34-28-31-13-14-32-28/h2-10,12-14,20H,11,15-17H2,1H3,(H,33,35)(H,39,40)(H2,31,32,34,38). The van der Waals surface area contributed by atoms with E-state index in [1.807, 2.05) is 24.3 Å². The highest BCUT2D eigenvalue weighted by Crippen LogP contribution is 2.35. The summed E-state index contributed by atoms with van der Waals surface area (Å²) in [6, 6.07) is 16.1. The van der Waals surface area contributed by atoms with Crippen LogP contribution in [-0.2, 0) is 6.54 Å². The number of methoxy groups -OCH3 is 1. The number of carbonyl (C=O) groups is 2. The molecule has 1 unspecified atom stereocenters. The number of anilines is 2. The maximum absolute atomic E-state index is 12.5. The Labute approximate surface area is 240 Å². The molecule has 1 atom stereocenters. The van der Waals surface area contributed by atoms with Gasteiger partial charge >= 0.3 is 6.09 Å². The van der Waals surface area contributed by atoms with Gasteiger partial charge in [0, 0.05) is 49.4 Å². The van der Waals surface area contributed by atoms with Crippen molar-refractivity contribution in [2.75, 3.05) is 30.8 Å². The van der Waals surface area contributed by atoms with Crippen LogP contribution in [0, 0.1) is 0 Å². The summed E-state index contributed by atoms with van der Waals surface area (Å²) < 4.78 is 13.4. The molecule has 5 aromatic rings. The van der Waals surface area contributed by atoms with Crippen molar-refractivity contribution in [2.45, 2.75) is 19.0 Å². The normalized spacial score (nSPS) is 14.6. The number of nitrogens with one attached hydrogen (secondary N) is 3. The Balaban J connectivity index is 1.29. The Morgan fingerprint density at radius 2 is 1.83 bits per heavy atom. The smallest absolute Gasteiger partial charge is 0.407 e. The van der Waals surface area contributed by atoms with Crippen LogP contribution in [0.1, 0.15) is 22.3 Å². The third-order valence-corrected chi connectivity index (χ3v) is 6.96. The first-order valence-electron chi connectivity index (χ1n) is 13.3. The number of likely N-dealkylation sites (tertiary alicyclic amines) is 1. The van der Waals surface area contributed by atoms with E-state index >= 15 is 0 Å². The van der Waals surface area contributed by atoms with Gasteiger partial charge in [0.15, 0.2) is 11.5 Å². The highest BCUT2D eigenvalue weighted by Gasteiger charge is 2.28. The van der Waals surface area contributed by atoms with E-state index in [0.29, 0.717) is 65.9 Å². The number of rotatable bonds is 9. The van der Waals surface area contributed by atoms with Gasteiger partial charge in [-0.3, -0.25) is 10.1 Å².